The number of benzene rings is 2. The molecule has 0 aliphatic carbocycles. The minimum atomic E-state index is -0.515. The number of H-pyrrole nitrogens is 1. The van der Waals surface area contributed by atoms with Gasteiger partial charge in [0.25, 0.3) is 0 Å². The quantitative estimate of drug-likeness (QED) is 0.527. The topological polar surface area (TPSA) is 123 Å². The number of anilines is 1. The lowest BCUT2D eigenvalue weighted by molar-refractivity contribution is -0.115. The maximum absolute atomic E-state index is 12.4. The number of methoxy groups -OCH3 is 1. The summed E-state index contributed by atoms with van der Waals surface area (Å²) in [6.45, 7) is 1.77. The molecule has 0 aliphatic heterocycles. The lowest BCUT2D eigenvalue weighted by atomic mass is 10.2. The molecule has 8 nitrogen and oxygen atoms in total. The number of primary amides is 1. The molecule has 2 aromatic carbocycles. The Hall–Kier alpha value is -3.33. The van der Waals surface area contributed by atoms with Crippen molar-refractivity contribution in [2.24, 2.45) is 5.73 Å². The van der Waals surface area contributed by atoms with Crippen LogP contribution in [0.25, 0.3) is 11.4 Å². The standard InChI is InChI=1S/C19H19N5O3S/c1-11(18(26)21-14-7-3-12(4-8-14)16(20)25)28-19-22-17(23-24-19)13-5-9-15(27-2)10-6-13/h3-11H,1-2H3,(H2,20,25)(H,21,26)(H,22,23,24)/t11-/m1/s1. The van der Waals surface area contributed by atoms with E-state index in [1.54, 1.807) is 38.3 Å². The van der Waals surface area contributed by atoms with Crippen molar-refractivity contribution in [2.75, 3.05) is 12.4 Å². The number of thioether (sulfide) groups is 1. The van der Waals surface area contributed by atoms with E-state index in [4.69, 9.17) is 10.5 Å². The van der Waals surface area contributed by atoms with Gasteiger partial charge in [0.2, 0.25) is 17.0 Å². The predicted octanol–water partition coefficient (Wildman–Crippen LogP) is 2.70. The molecule has 2 amide bonds. The van der Waals surface area contributed by atoms with Gasteiger partial charge in [0, 0.05) is 16.8 Å². The fourth-order valence-corrected chi connectivity index (χ4v) is 3.07. The summed E-state index contributed by atoms with van der Waals surface area (Å²) in [5.41, 5.74) is 7.03. The van der Waals surface area contributed by atoms with E-state index in [1.165, 1.54) is 11.8 Å². The first-order valence-corrected chi connectivity index (χ1v) is 9.28. The summed E-state index contributed by atoms with van der Waals surface area (Å²) in [7, 11) is 1.61. The highest BCUT2D eigenvalue weighted by Crippen LogP contribution is 2.24. The number of carbonyl (C=O) groups is 2. The van der Waals surface area contributed by atoms with E-state index in [0.717, 1.165) is 11.3 Å². The Balaban J connectivity index is 1.60. The fourth-order valence-electron chi connectivity index (χ4n) is 2.35. The monoisotopic (exact) mass is 397 g/mol. The van der Waals surface area contributed by atoms with Crippen LogP contribution in [0.1, 0.15) is 17.3 Å². The number of rotatable bonds is 7. The first-order valence-electron chi connectivity index (χ1n) is 8.40. The molecule has 144 valence electrons. The lowest BCUT2D eigenvalue weighted by Gasteiger charge is -2.10. The van der Waals surface area contributed by atoms with Gasteiger partial charge >= 0.3 is 0 Å². The maximum atomic E-state index is 12.4. The van der Waals surface area contributed by atoms with Gasteiger partial charge in [-0.15, -0.1) is 5.10 Å². The first kappa shape index (κ1) is 19.4. The van der Waals surface area contributed by atoms with Crippen molar-refractivity contribution >= 4 is 29.3 Å². The summed E-state index contributed by atoms with van der Waals surface area (Å²) >= 11 is 1.24. The van der Waals surface area contributed by atoms with E-state index in [0.29, 0.717) is 22.2 Å². The molecule has 0 spiro atoms. The van der Waals surface area contributed by atoms with Crippen LogP contribution in [-0.4, -0.2) is 39.4 Å². The summed E-state index contributed by atoms with van der Waals surface area (Å²) in [5, 5.41) is 9.87. The Morgan fingerprint density at radius 1 is 1.14 bits per heavy atom. The second kappa shape index (κ2) is 8.57. The fraction of sp³-hybridized carbons (Fsp3) is 0.158. The third-order valence-corrected chi connectivity index (χ3v) is 4.88. The SMILES string of the molecule is COc1ccc(-c2nc(S[C@H](C)C(=O)Nc3ccc(C(N)=O)cc3)n[nH]2)cc1. The smallest absolute Gasteiger partial charge is 0.248 e. The van der Waals surface area contributed by atoms with E-state index in [-0.39, 0.29) is 5.91 Å². The summed E-state index contributed by atoms with van der Waals surface area (Å²) in [6, 6.07) is 13.8. The molecule has 0 unspecified atom stereocenters. The van der Waals surface area contributed by atoms with Crippen LogP contribution in [-0.2, 0) is 4.79 Å². The third-order valence-electron chi connectivity index (χ3n) is 3.92. The zero-order chi connectivity index (χ0) is 20.1. The molecule has 0 aliphatic rings. The molecule has 0 saturated heterocycles. The average molecular weight is 397 g/mol. The van der Waals surface area contributed by atoms with Gasteiger partial charge in [0.15, 0.2) is 5.82 Å². The summed E-state index contributed by atoms with van der Waals surface area (Å²) in [5.74, 6) is 0.651. The van der Waals surface area contributed by atoms with E-state index >= 15 is 0 Å². The highest BCUT2D eigenvalue weighted by molar-refractivity contribution is 8.00. The van der Waals surface area contributed by atoms with Crippen molar-refractivity contribution in [3.8, 4) is 17.1 Å². The zero-order valence-corrected chi connectivity index (χ0v) is 16.1. The average Bonchev–Trinajstić information content (AvgIpc) is 3.17. The number of nitrogens with one attached hydrogen (secondary N) is 2. The van der Waals surface area contributed by atoms with Gasteiger partial charge in [-0.2, -0.15) is 0 Å². The third kappa shape index (κ3) is 4.68. The molecule has 1 heterocycles. The first-order chi connectivity index (χ1) is 13.5. The molecule has 0 bridgehead atoms. The summed E-state index contributed by atoms with van der Waals surface area (Å²) < 4.78 is 5.14. The van der Waals surface area contributed by atoms with Gasteiger partial charge < -0.3 is 15.8 Å². The van der Waals surface area contributed by atoms with E-state index in [1.807, 2.05) is 24.3 Å². The van der Waals surface area contributed by atoms with Gasteiger partial charge in [-0.3, -0.25) is 14.7 Å². The number of aromatic nitrogens is 3. The van der Waals surface area contributed by atoms with Crippen molar-refractivity contribution in [3.05, 3.63) is 54.1 Å². The van der Waals surface area contributed by atoms with Gasteiger partial charge in [-0.1, -0.05) is 11.8 Å². The molecule has 1 atom stereocenters. The highest BCUT2D eigenvalue weighted by Gasteiger charge is 2.18. The molecule has 28 heavy (non-hydrogen) atoms. The number of amides is 2. The largest absolute Gasteiger partial charge is 0.497 e. The van der Waals surface area contributed by atoms with Crippen LogP contribution in [0.15, 0.2) is 53.7 Å². The van der Waals surface area contributed by atoms with Gasteiger partial charge in [0.1, 0.15) is 5.75 Å². The van der Waals surface area contributed by atoms with Gasteiger partial charge in [0.05, 0.1) is 12.4 Å². The maximum Gasteiger partial charge on any atom is 0.248 e. The van der Waals surface area contributed by atoms with Crippen molar-refractivity contribution in [1.82, 2.24) is 15.2 Å². The van der Waals surface area contributed by atoms with E-state index in [9.17, 15) is 9.59 Å². The van der Waals surface area contributed by atoms with Gasteiger partial charge in [-0.05, 0) is 55.5 Å². The number of aromatic amines is 1. The predicted molar refractivity (Wildman–Crippen MR) is 107 cm³/mol. The molecule has 0 radical (unpaired) electrons. The molecule has 0 saturated carbocycles. The van der Waals surface area contributed by atoms with Crippen LogP contribution < -0.4 is 15.8 Å². The number of nitrogens with zero attached hydrogens (tertiary/aromatic N) is 2. The van der Waals surface area contributed by atoms with Crippen molar-refractivity contribution in [1.29, 1.82) is 0 Å². The van der Waals surface area contributed by atoms with Gasteiger partial charge in [-0.25, -0.2) is 4.98 Å². The Labute approximate surface area is 165 Å². The molecule has 0 fully saturated rings. The number of hydrogen-bond donors (Lipinski definition) is 3. The lowest BCUT2D eigenvalue weighted by Crippen LogP contribution is -2.22. The Bertz CT molecular complexity index is 970. The highest BCUT2D eigenvalue weighted by atomic mass is 32.2. The van der Waals surface area contributed by atoms with Crippen molar-refractivity contribution < 1.29 is 14.3 Å². The minimum Gasteiger partial charge on any atom is -0.497 e. The number of ether oxygens (including phenoxy) is 1. The second-order valence-corrected chi connectivity index (χ2v) is 7.19. The summed E-state index contributed by atoms with van der Waals surface area (Å²) in [6.07, 6.45) is 0. The molecule has 4 N–H and O–H groups in total. The number of hydrogen-bond acceptors (Lipinski definition) is 6. The van der Waals surface area contributed by atoms with Crippen LogP contribution in [0.5, 0.6) is 5.75 Å². The number of nitrogens with two attached hydrogens (primary N) is 1. The Kier molecular flexibility index (Phi) is 5.95. The Morgan fingerprint density at radius 3 is 2.43 bits per heavy atom. The molecule has 3 aromatic rings. The van der Waals surface area contributed by atoms with Crippen molar-refractivity contribution in [3.63, 3.8) is 0 Å². The van der Waals surface area contributed by atoms with E-state index < -0.39 is 11.2 Å². The minimum absolute atomic E-state index is 0.201. The Morgan fingerprint density at radius 2 is 1.82 bits per heavy atom. The van der Waals surface area contributed by atoms with Crippen molar-refractivity contribution in [2.45, 2.75) is 17.3 Å². The number of carbonyl (C=O) groups excluding carboxylic acids is 2. The van der Waals surface area contributed by atoms with Crippen LogP contribution in [0, 0.1) is 0 Å². The van der Waals surface area contributed by atoms with E-state index in [2.05, 4.69) is 20.5 Å². The molecule has 9 heteroatoms. The zero-order valence-electron chi connectivity index (χ0n) is 15.3. The summed E-state index contributed by atoms with van der Waals surface area (Å²) in [4.78, 5) is 27.9. The van der Waals surface area contributed by atoms with Crippen LogP contribution >= 0.6 is 11.8 Å². The molecule has 1 aromatic heterocycles. The van der Waals surface area contributed by atoms with Crippen LogP contribution in [0.4, 0.5) is 5.69 Å². The molecular formula is C19H19N5O3S. The molecular weight excluding hydrogens is 378 g/mol. The normalized spacial score (nSPS) is 11.6. The van der Waals surface area contributed by atoms with Crippen LogP contribution in [0.3, 0.4) is 0 Å². The molecule has 3 rings (SSSR count). The second-order valence-electron chi connectivity index (χ2n) is 5.89. The van der Waals surface area contributed by atoms with Crippen LogP contribution in [0.2, 0.25) is 0 Å².